The van der Waals surface area contributed by atoms with Gasteiger partial charge in [0.05, 0.1) is 7.11 Å². The van der Waals surface area contributed by atoms with E-state index in [1.165, 1.54) is 5.56 Å². The first-order valence-electron chi connectivity index (χ1n) is 9.30. The highest BCUT2D eigenvalue weighted by Gasteiger charge is 2.28. The summed E-state index contributed by atoms with van der Waals surface area (Å²) in [5.74, 6) is 1.17. The van der Waals surface area contributed by atoms with Crippen molar-refractivity contribution in [1.29, 1.82) is 0 Å². The van der Waals surface area contributed by atoms with E-state index in [-0.39, 0.29) is 18.4 Å². The SMILES string of the molecule is COc1ccc(N2CCN(C(=O)c3ccc(CC(C)C)cc3)CC2=O)cc1. The number of carbonyl (C=O) groups excluding carboxylic acids is 2. The summed E-state index contributed by atoms with van der Waals surface area (Å²) in [7, 11) is 1.61. The van der Waals surface area contributed by atoms with E-state index in [9.17, 15) is 9.59 Å². The Morgan fingerprint density at radius 3 is 2.26 bits per heavy atom. The Morgan fingerprint density at radius 2 is 1.70 bits per heavy atom. The maximum absolute atomic E-state index is 12.7. The van der Waals surface area contributed by atoms with Crippen LogP contribution in [0, 0.1) is 5.92 Å². The molecule has 0 radical (unpaired) electrons. The monoisotopic (exact) mass is 366 g/mol. The molecule has 5 nitrogen and oxygen atoms in total. The van der Waals surface area contributed by atoms with Crippen molar-refractivity contribution in [3.05, 3.63) is 59.7 Å². The summed E-state index contributed by atoms with van der Waals surface area (Å²) in [5.41, 5.74) is 2.68. The van der Waals surface area contributed by atoms with Crippen molar-refractivity contribution in [2.24, 2.45) is 5.92 Å². The van der Waals surface area contributed by atoms with Crippen molar-refractivity contribution in [1.82, 2.24) is 4.90 Å². The van der Waals surface area contributed by atoms with Crippen LogP contribution in [0.15, 0.2) is 48.5 Å². The molecule has 0 aliphatic carbocycles. The van der Waals surface area contributed by atoms with Gasteiger partial charge < -0.3 is 14.5 Å². The topological polar surface area (TPSA) is 49.9 Å². The van der Waals surface area contributed by atoms with Crippen LogP contribution in [0.2, 0.25) is 0 Å². The third-order valence-electron chi connectivity index (χ3n) is 4.74. The molecule has 2 aromatic carbocycles. The van der Waals surface area contributed by atoms with Gasteiger partial charge in [-0.2, -0.15) is 0 Å². The summed E-state index contributed by atoms with van der Waals surface area (Å²) in [6.07, 6.45) is 0.994. The number of carbonyl (C=O) groups is 2. The number of benzene rings is 2. The minimum Gasteiger partial charge on any atom is -0.497 e. The molecule has 0 unspecified atom stereocenters. The van der Waals surface area contributed by atoms with E-state index in [0.29, 0.717) is 24.6 Å². The third kappa shape index (κ3) is 4.48. The fourth-order valence-corrected chi connectivity index (χ4v) is 3.32. The van der Waals surface area contributed by atoms with Crippen LogP contribution in [0.5, 0.6) is 5.75 Å². The molecule has 0 atom stereocenters. The quantitative estimate of drug-likeness (QED) is 0.815. The Kier molecular flexibility index (Phi) is 5.79. The van der Waals surface area contributed by atoms with E-state index in [4.69, 9.17) is 4.74 Å². The lowest BCUT2D eigenvalue weighted by molar-refractivity contribution is -0.120. The molecule has 2 amide bonds. The molecular weight excluding hydrogens is 340 g/mol. The molecule has 0 N–H and O–H groups in total. The van der Waals surface area contributed by atoms with Crippen LogP contribution in [0.4, 0.5) is 5.69 Å². The van der Waals surface area contributed by atoms with E-state index < -0.39 is 0 Å². The molecule has 1 saturated heterocycles. The first kappa shape index (κ1) is 19.0. The van der Waals surface area contributed by atoms with Crippen molar-refractivity contribution >= 4 is 17.5 Å². The fourth-order valence-electron chi connectivity index (χ4n) is 3.32. The first-order valence-corrected chi connectivity index (χ1v) is 9.30. The third-order valence-corrected chi connectivity index (χ3v) is 4.74. The maximum atomic E-state index is 12.7. The number of hydrogen-bond acceptors (Lipinski definition) is 3. The molecule has 1 aliphatic rings. The molecule has 5 heteroatoms. The Labute approximate surface area is 160 Å². The van der Waals surface area contributed by atoms with E-state index in [1.54, 1.807) is 16.9 Å². The summed E-state index contributed by atoms with van der Waals surface area (Å²) >= 11 is 0. The summed E-state index contributed by atoms with van der Waals surface area (Å²) in [5, 5.41) is 0. The second kappa shape index (κ2) is 8.25. The Balaban J connectivity index is 1.64. The molecule has 0 spiro atoms. The molecule has 0 aromatic heterocycles. The predicted octanol–water partition coefficient (Wildman–Crippen LogP) is 3.38. The van der Waals surface area contributed by atoms with Gasteiger partial charge in [-0.25, -0.2) is 0 Å². The van der Waals surface area contributed by atoms with Crippen molar-refractivity contribution in [3.63, 3.8) is 0 Å². The van der Waals surface area contributed by atoms with Crippen molar-refractivity contribution in [2.45, 2.75) is 20.3 Å². The minimum atomic E-state index is -0.0890. The Morgan fingerprint density at radius 1 is 1.04 bits per heavy atom. The van der Waals surface area contributed by atoms with Crippen LogP contribution < -0.4 is 9.64 Å². The van der Waals surface area contributed by atoms with Gasteiger partial charge in [0.15, 0.2) is 0 Å². The molecule has 1 fully saturated rings. The van der Waals surface area contributed by atoms with Crippen LogP contribution in [-0.4, -0.2) is 43.5 Å². The number of hydrogen-bond donors (Lipinski definition) is 0. The summed E-state index contributed by atoms with van der Waals surface area (Å²) in [4.78, 5) is 28.7. The van der Waals surface area contributed by atoms with Gasteiger partial charge in [-0.05, 0) is 54.3 Å². The molecule has 0 bridgehead atoms. The van der Waals surface area contributed by atoms with Crippen molar-refractivity contribution in [3.8, 4) is 5.75 Å². The highest BCUT2D eigenvalue weighted by molar-refractivity contribution is 6.01. The van der Waals surface area contributed by atoms with Crippen LogP contribution >= 0.6 is 0 Å². The first-order chi connectivity index (χ1) is 13.0. The second-order valence-electron chi connectivity index (χ2n) is 7.27. The Hall–Kier alpha value is -2.82. The maximum Gasteiger partial charge on any atom is 0.254 e. The smallest absolute Gasteiger partial charge is 0.254 e. The average Bonchev–Trinajstić information content (AvgIpc) is 2.67. The lowest BCUT2D eigenvalue weighted by atomic mass is 10.0. The zero-order valence-electron chi connectivity index (χ0n) is 16.1. The van der Waals surface area contributed by atoms with Crippen molar-refractivity contribution < 1.29 is 14.3 Å². The van der Waals surface area contributed by atoms with Gasteiger partial charge in [0.2, 0.25) is 5.91 Å². The van der Waals surface area contributed by atoms with E-state index >= 15 is 0 Å². The highest BCUT2D eigenvalue weighted by atomic mass is 16.5. The molecule has 1 heterocycles. The van der Waals surface area contributed by atoms with Gasteiger partial charge in [-0.15, -0.1) is 0 Å². The van der Waals surface area contributed by atoms with Crippen molar-refractivity contribution in [2.75, 3.05) is 31.6 Å². The molecule has 0 saturated carbocycles. The van der Waals surface area contributed by atoms with Gasteiger partial charge >= 0.3 is 0 Å². The lowest BCUT2D eigenvalue weighted by Gasteiger charge is -2.34. The number of rotatable bonds is 5. The number of methoxy groups -OCH3 is 1. The van der Waals surface area contributed by atoms with E-state index in [2.05, 4.69) is 13.8 Å². The normalized spacial score (nSPS) is 14.6. The number of anilines is 1. The molecule has 3 rings (SSSR count). The van der Waals surface area contributed by atoms with Gasteiger partial charge in [0.1, 0.15) is 12.3 Å². The number of piperazine rings is 1. The number of amides is 2. The number of ether oxygens (including phenoxy) is 1. The van der Waals surface area contributed by atoms with Crippen LogP contribution in [0.1, 0.15) is 29.8 Å². The van der Waals surface area contributed by atoms with Crippen LogP contribution in [0.25, 0.3) is 0 Å². The van der Waals surface area contributed by atoms with Gasteiger partial charge in [-0.1, -0.05) is 26.0 Å². The predicted molar refractivity (Wildman–Crippen MR) is 106 cm³/mol. The largest absolute Gasteiger partial charge is 0.497 e. The van der Waals surface area contributed by atoms with Gasteiger partial charge in [0, 0.05) is 24.3 Å². The van der Waals surface area contributed by atoms with Gasteiger partial charge in [0.25, 0.3) is 5.91 Å². The summed E-state index contributed by atoms with van der Waals surface area (Å²) < 4.78 is 5.15. The average molecular weight is 366 g/mol. The Bertz CT molecular complexity index is 797. The summed E-state index contributed by atoms with van der Waals surface area (Å²) in [6, 6.07) is 15.1. The lowest BCUT2D eigenvalue weighted by Crippen LogP contribution is -2.52. The number of nitrogens with zero attached hydrogens (tertiary/aromatic N) is 2. The van der Waals surface area contributed by atoms with E-state index in [1.807, 2.05) is 48.5 Å². The van der Waals surface area contributed by atoms with Crippen LogP contribution in [0.3, 0.4) is 0 Å². The molecule has 2 aromatic rings. The van der Waals surface area contributed by atoms with Crippen LogP contribution in [-0.2, 0) is 11.2 Å². The molecular formula is C22H26N2O3. The second-order valence-corrected chi connectivity index (χ2v) is 7.27. The minimum absolute atomic E-state index is 0.0730. The zero-order chi connectivity index (χ0) is 19.4. The van der Waals surface area contributed by atoms with Gasteiger partial charge in [-0.3, -0.25) is 9.59 Å². The fraction of sp³-hybridized carbons (Fsp3) is 0.364. The highest BCUT2D eigenvalue weighted by Crippen LogP contribution is 2.22. The molecule has 27 heavy (non-hydrogen) atoms. The molecule has 1 aliphatic heterocycles. The summed E-state index contributed by atoms with van der Waals surface area (Å²) in [6.45, 7) is 5.45. The van der Waals surface area contributed by atoms with E-state index in [0.717, 1.165) is 17.9 Å². The molecule has 142 valence electrons. The zero-order valence-corrected chi connectivity index (χ0v) is 16.1. The standard InChI is InChI=1S/C22H26N2O3/c1-16(2)14-17-4-6-18(7-5-17)22(26)23-12-13-24(21(25)15-23)19-8-10-20(27-3)11-9-19/h4-11,16H,12-15H2,1-3H3.